The summed E-state index contributed by atoms with van der Waals surface area (Å²) < 4.78 is 14.1. The van der Waals surface area contributed by atoms with Gasteiger partial charge in [-0.2, -0.15) is 0 Å². The van der Waals surface area contributed by atoms with Gasteiger partial charge in [0.05, 0.1) is 17.1 Å². The fraction of sp³-hybridized carbons (Fsp3) is 0.538. The first-order valence-electron chi connectivity index (χ1n) is 6.21. The average molecular weight is 274 g/mol. The third-order valence-electron chi connectivity index (χ3n) is 3.69. The van der Waals surface area contributed by atoms with E-state index in [0.29, 0.717) is 0 Å². The number of rotatable bonds is 5. The molecule has 0 aliphatic heterocycles. The van der Waals surface area contributed by atoms with Gasteiger partial charge in [-0.1, -0.05) is 32.4 Å². The minimum absolute atomic E-state index is 0.0797. The molecule has 0 radical (unpaired) electrons. The number of nitrogen functional groups attached to an aromatic ring is 2. The van der Waals surface area contributed by atoms with Gasteiger partial charge in [0.25, 0.3) is 0 Å². The van der Waals surface area contributed by atoms with Gasteiger partial charge in [0.2, 0.25) is 0 Å². The second-order valence-corrected chi connectivity index (χ2v) is 4.90. The molecule has 0 atom stereocenters. The molecule has 0 aliphatic carbocycles. The van der Waals surface area contributed by atoms with Crippen LogP contribution in [0.15, 0.2) is 6.07 Å². The largest absolute Gasteiger partial charge is 0.397 e. The molecule has 18 heavy (non-hydrogen) atoms. The van der Waals surface area contributed by atoms with E-state index in [4.69, 9.17) is 23.1 Å². The maximum Gasteiger partial charge on any atom is 0.169 e. The number of hydrogen-bond donors (Lipinski definition) is 3. The van der Waals surface area contributed by atoms with Crippen molar-refractivity contribution >= 4 is 28.7 Å². The molecule has 0 saturated heterocycles. The summed E-state index contributed by atoms with van der Waals surface area (Å²) in [7, 11) is 0. The fourth-order valence-corrected chi connectivity index (χ4v) is 2.22. The van der Waals surface area contributed by atoms with E-state index in [1.807, 2.05) is 0 Å². The third-order valence-corrected chi connectivity index (χ3v) is 4.07. The van der Waals surface area contributed by atoms with Gasteiger partial charge in [0.1, 0.15) is 5.02 Å². The van der Waals surface area contributed by atoms with Crippen LogP contribution in [0, 0.1) is 5.82 Å². The Morgan fingerprint density at radius 2 is 1.67 bits per heavy atom. The van der Waals surface area contributed by atoms with Crippen LogP contribution in [0.3, 0.4) is 0 Å². The van der Waals surface area contributed by atoms with E-state index in [2.05, 4.69) is 26.1 Å². The maximum atomic E-state index is 14.1. The Morgan fingerprint density at radius 3 is 2.11 bits per heavy atom. The maximum absolute atomic E-state index is 14.1. The molecule has 0 spiro atoms. The van der Waals surface area contributed by atoms with Crippen LogP contribution < -0.4 is 16.8 Å². The van der Waals surface area contributed by atoms with E-state index in [0.717, 1.165) is 19.3 Å². The molecule has 0 heterocycles. The average Bonchev–Trinajstić information content (AvgIpc) is 2.37. The van der Waals surface area contributed by atoms with Crippen LogP contribution in [0.2, 0.25) is 5.02 Å². The van der Waals surface area contributed by atoms with E-state index in [-0.39, 0.29) is 27.6 Å². The van der Waals surface area contributed by atoms with Crippen LogP contribution in [0.4, 0.5) is 21.5 Å². The van der Waals surface area contributed by atoms with Crippen LogP contribution in [-0.4, -0.2) is 5.54 Å². The van der Waals surface area contributed by atoms with Crippen LogP contribution in [0.1, 0.15) is 40.0 Å². The first kappa shape index (κ1) is 14.9. The van der Waals surface area contributed by atoms with Gasteiger partial charge < -0.3 is 16.8 Å². The predicted octanol–water partition coefficient (Wildman–Crippen LogP) is 4.02. The molecule has 3 nitrogen and oxygen atoms in total. The normalized spacial score (nSPS) is 11.6. The zero-order chi connectivity index (χ0) is 13.9. The molecular formula is C13H21ClFN3. The summed E-state index contributed by atoms with van der Waals surface area (Å²) in [5.41, 5.74) is 11.9. The molecule has 1 aromatic carbocycles. The first-order chi connectivity index (χ1) is 8.40. The summed E-state index contributed by atoms with van der Waals surface area (Å²) in [5, 5.41) is 3.13. The predicted molar refractivity (Wildman–Crippen MR) is 77.5 cm³/mol. The molecule has 5 heteroatoms. The van der Waals surface area contributed by atoms with Crippen molar-refractivity contribution in [3.05, 3.63) is 16.9 Å². The second kappa shape index (κ2) is 5.65. The highest BCUT2D eigenvalue weighted by atomic mass is 35.5. The second-order valence-electron chi connectivity index (χ2n) is 4.52. The summed E-state index contributed by atoms with van der Waals surface area (Å²) >= 11 is 5.82. The summed E-state index contributed by atoms with van der Waals surface area (Å²) in [6, 6.07) is 1.49. The zero-order valence-corrected chi connectivity index (χ0v) is 11.9. The van der Waals surface area contributed by atoms with Gasteiger partial charge in [-0.05, 0) is 25.3 Å². The van der Waals surface area contributed by atoms with Gasteiger partial charge in [-0.15, -0.1) is 0 Å². The van der Waals surface area contributed by atoms with E-state index < -0.39 is 5.82 Å². The Kier molecular flexibility index (Phi) is 4.68. The van der Waals surface area contributed by atoms with Crippen LogP contribution >= 0.6 is 11.6 Å². The lowest BCUT2D eigenvalue weighted by atomic mass is 9.89. The van der Waals surface area contributed by atoms with E-state index in [1.165, 1.54) is 6.07 Å². The van der Waals surface area contributed by atoms with Crippen molar-refractivity contribution in [2.24, 2.45) is 0 Å². The molecular weight excluding hydrogens is 253 g/mol. The Hall–Kier alpha value is -1.16. The summed E-state index contributed by atoms with van der Waals surface area (Å²) in [5.74, 6) is -0.575. The molecule has 0 fully saturated rings. The highest BCUT2D eigenvalue weighted by molar-refractivity contribution is 6.33. The minimum Gasteiger partial charge on any atom is -0.397 e. The van der Waals surface area contributed by atoms with Crippen molar-refractivity contribution in [3.8, 4) is 0 Å². The molecule has 1 rings (SSSR count). The zero-order valence-electron chi connectivity index (χ0n) is 11.1. The van der Waals surface area contributed by atoms with Gasteiger partial charge in [0.15, 0.2) is 5.82 Å². The highest BCUT2D eigenvalue weighted by Gasteiger charge is 2.26. The number of halogens is 2. The van der Waals surface area contributed by atoms with Crippen LogP contribution in [0.25, 0.3) is 0 Å². The van der Waals surface area contributed by atoms with Crippen molar-refractivity contribution < 1.29 is 4.39 Å². The number of hydrogen-bond acceptors (Lipinski definition) is 3. The van der Waals surface area contributed by atoms with Gasteiger partial charge in [-0.25, -0.2) is 4.39 Å². The molecule has 0 aliphatic rings. The van der Waals surface area contributed by atoms with E-state index in [1.54, 1.807) is 0 Å². The van der Waals surface area contributed by atoms with Crippen molar-refractivity contribution in [1.29, 1.82) is 0 Å². The quantitative estimate of drug-likeness (QED) is 0.710. The minimum atomic E-state index is -0.575. The van der Waals surface area contributed by atoms with Gasteiger partial charge in [-0.3, -0.25) is 0 Å². The SMILES string of the molecule is CCC(CC)(CC)Nc1c(N)cc(N)c(Cl)c1F. The van der Waals surface area contributed by atoms with Gasteiger partial charge in [0, 0.05) is 5.54 Å². The topological polar surface area (TPSA) is 64.1 Å². The molecule has 102 valence electrons. The highest BCUT2D eigenvalue weighted by Crippen LogP contribution is 2.37. The lowest BCUT2D eigenvalue weighted by Crippen LogP contribution is -2.36. The number of nitrogens with one attached hydrogen (secondary N) is 1. The van der Waals surface area contributed by atoms with Crippen molar-refractivity contribution in [2.75, 3.05) is 16.8 Å². The Morgan fingerprint density at radius 1 is 1.17 bits per heavy atom. The third kappa shape index (κ3) is 2.64. The van der Waals surface area contributed by atoms with E-state index >= 15 is 0 Å². The Bertz CT molecular complexity index is 422. The number of anilines is 3. The van der Waals surface area contributed by atoms with Crippen LogP contribution in [-0.2, 0) is 0 Å². The summed E-state index contributed by atoms with van der Waals surface area (Å²) in [6.07, 6.45) is 2.63. The molecule has 5 N–H and O–H groups in total. The number of benzene rings is 1. The first-order valence-corrected chi connectivity index (χ1v) is 6.59. The summed E-state index contributed by atoms with van der Waals surface area (Å²) in [6.45, 7) is 6.19. The molecule has 0 amide bonds. The lowest BCUT2D eigenvalue weighted by Gasteiger charge is -2.33. The molecule has 0 saturated carbocycles. The van der Waals surface area contributed by atoms with Crippen LogP contribution in [0.5, 0.6) is 0 Å². The molecule has 0 bridgehead atoms. The fourth-order valence-electron chi connectivity index (χ4n) is 2.07. The van der Waals surface area contributed by atoms with Gasteiger partial charge >= 0.3 is 0 Å². The van der Waals surface area contributed by atoms with E-state index in [9.17, 15) is 4.39 Å². The number of nitrogens with two attached hydrogens (primary N) is 2. The van der Waals surface area contributed by atoms with Crippen molar-refractivity contribution in [1.82, 2.24) is 0 Å². The smallest absolute Gasteiger partial charge is 0.169 e. The Balaban J connectivity index is 3.22. The lowest BCUT2D eigenvalue weighted by molar-refractivity contribution is 0.418. The van der Waals surface area contributed by atoms with Crippen molar-refractivity contribution in [3.63, 3.8) is 0 Å². The molecule has 1 aromatic rings. The molecule has 0 aromatic heterocycles. The molecule has 0 unspecified atom stereocenters. The Labute approximate surface area is 113 Å². The standard InChI is InChI=1S/C13H21ClFN3/c1-4-13(5-2,6-3)18-12-9(17)7-8(16)10(14)11(12)15/h7,18H,4-6,16-17H2,1-3H3. The monoisotopic (exact) mass is 273 g/mol. The van der Waals surface area contributed by atoms with Crippen molar-refractivity contribution in [2.45, 2.75) is 45.6 Å². The summed E-state index contributed by atoms with van der Waals surface area (Å²) in [4.78, 5) is 0.